The van der Waals surface area contributed by atoms with Crippen molar-refractivity contribution in [3.63, 3.8) is 0 Å². The fourth-order valence-corrected chi connectivity index (χ4v) is 1.97. The molecular weight excluding hydrogens is 250 g/mol. The summed E-state index contributed by atoms with van der Waals surface area (Å²) >= 11 is 0. The standard InChI is InChI=1S/C13H17NO5/c1-17-10-3-4-11-12(19-6-2-5-18-11)8(10)7-9(14)13(15)16/h3-4,9H,2,5-7,14H2,1H3,(H,15,16). The van der Waals surface area contributed by atoms with E-state index >= 15 is 0 Å². The molecule has 1 heterocycles. The van der Waals surface area contributed by atoms with Crippen molar-refractivity contribution in [3.05, 3.63) is 17.7 Å². The number of nitrogens with two attached hydrogens (primary N) is 1. The Kier molecular flexibility index (Phi) is 4.11. The smallest absolute Gasteiger partial charge is 0.320 e. The molecule has 0 fully saturated rings. The van der Waals surface area contributed by atoms with Crippen LogP contribution < -0.4 is 19.9 Å². The largest absolute Gasteiger partial charge is 0.496 e. The van der Waals surface area contributed by atoms with Crippen molar-refractivity contribution in [2.24, 2.45) is 5.73 Å². The Hall–Kier alpha value is -1.95. The van der Waals surface area contributed by atoms with Crippen molar-refractivity contribution in [1.29, 1.82) is 0 Å². The molecule has 1 aliphatic heterocycles. The summed E-state index contributed by atoms with van der Waals surface area (Å²) in [5.41, 5.74) is 6.23. The summed E-state index contributed by atoms with van der Waals surface area (Å²) in [6.45, 7) is 1.10. The van der Waals surface area contributed by atoms with Gasteiger partial charge in [-0.2, -0.15) is 0 Å². The lowest BCUT2D eigenvalue weighted by Crippen LogP contribution is -2.32. The zero-order chi connectivity index (χ0) is 13.8. The summed E-state index contributed by atoms with van der Waals surface area (Å²) in [5, 5.41) is 8.93. The number of ether oxygens (including phenoxy) is 3. The predicted octanol–water partition coefficient (Wildman–Crippen LogP) is 0.811. The van der Waals surface area contributed by atoms with Gasteiger partial charge in [-0.25, -0.2) is 0 Å². The molecule has 6 nitrogen and oxygen atoms in total. The van der Waals surface area contributed by atoms with Gasteiger partial charge in [0.25, 0.3) is 0 Å². The van der Waals surface area contributed by atoms with Crippen LogP contribution in [0.2, 0.25) is 0 Å². The summed E-state index contributed by atoms with van der Waals surface area (Å²) < 4.78 is 16.5. The van der Waals surface area contributed by atoms with Crippen LogP contribution in [0.3, 0.4) is 0 Å². The van der Waals surface area contributed by atoms with E-state index in [0.717, 1.165) is 6.42 Å². The van der Waals surface area contributed by atoms with Crippen molar-refractivity contribution in [2.45, 2.75) is 18.9 Å². The van der Waals surface area contributed by atoms with E-state index in [-0.39, 0.29) is 6.42 Å². The number of hydrogen-bond donors (Lipinski definition) is 2. The second-order valence-electron chi connectivity index (χ2n) is 4.27. The van der Waals surface area contributed by atoms with Gasteiger partial charge >= 0.3 is 5.97 Å². The van der Waals surface area contributed by atoms with E-state index in [0.29, 0.717) is 36.0 Å². The van der Waals surface area contributed by atoms with Gasteiger partial charge in [-0.15, -0.1) is 0 Å². The summed E-state index contributed by atoms with van der Waals surface area (Å²) in [7, 11) is 1.52. The molecule has 0 aliphatic carbocycles. The van der Waals surface area contributed by atoms with Crippen LogP contribution in [0.15, 0.2) is 12.1 Å². The van der Waals surface area contributed by atoms with Crippen LogP contribution in [0.4, 0.5) is 0 Å². The maximum atomic E-state index is 10.9. The zero-order valence-electron chi connectivity index (χ0n) is 10.7. The highest BCUT2D eigenvalue weighted by atomic mass is 16.5. The third-order valence-electron chi connectivity index (χ3n) is 2.94. The van der Waals surface area contributed by atoms with Crippen LogP contribution in [0, 0.1) is 0 Å². The highest BCUT2D eigenvalue weighted by molar-refractivity contribution is 5.74. The van der Waals surface area contributed by atoms with Gasteiger partial charge in [-0.3, -0.25) is 4.79 Å². The van der Waals surface area contributed by atoms with Gasteiger partial charge in [0.2, 0.25) is 0 Å². The average molecular weight is 267 g/mol. The van der Waals surface area contributed by atoms with Gasteiger partial charge in [0.05, 0.1) is 20.3 Å². The molecule has 1 aromatic carbocycles. The fourth-order valence-electron chi connectivity index (χ4n) is 1.97. The lowest BCUT2D eigenvalue weighted by molar-refractivity contribution is -0.138. The Morgan fingerprint density at radius 3 is 2.89 bits per heavy atom. The summed E-state index contributed by atoms with van der Waals surface area (Å²) in [6, 6.07) is 2.49. The summed E-state index contributed by atoms with van der Waals surface area (Å²) in [4.78, 5) is 10.9. The lowest BCUT2D eigenvalue weighted by atomic mass is 10.0. The molecule has 104 valence electrons. The molecule has 2 rings (SSSR count). The first-order valence-corrected chi connectivity index (χ1v) is 6.07. The molecule has 0 spiro atoms. The van der Waals surface area contributed by atoms with E-state index in [1.807, 2.05) is 0 Å². The molecule has 3 N–H and O–H groups in total. The molecule has 0 saturated heterocycles. The van der Waals surface area contributed by atoms with Crippen molar-refractivity contribution in [3.8, 4) is 17.2 Å². The van der Waals surface area contributed by atoms with Gasteiger partial charge in [0.1, 0.15) is 11.8 Å². The Bertz CT molecular complexity index is 474. The lowest BCUT2D eigenvalue weighted by Gasteiger charge is -2.17. The molecule has 1 aromatic rings. The highest BCUT2D eigenvalue weighted by Crippen LogP contribution is 2.39. The predicted molar refractivity (Wildman–Crippen MR) is 67.9 cm³/mol. The maximum absolute atomic E-state index is 10.9. The molecule has 1 unspecified atom stereocenters. The van der Waals surface area contributed by atoms with E-state index in [2.05, 4.69) is 0 Å². The Morgan fingerprint density at radius 2 is 2.21 bits per heavy atom. The van der Waals surface area contributed by atoms with Crippen LogP contribution in [0.25, 0.3) is 0 Å². The average Bonchev–Trinajstić information content (AvgIpc) is 2.64. The van der Waals surface area contributed by atoms with Gasteiger partial charge < -0.3 is 25.1 Å². The SMILES string of the molecule is COc1ccc2c(c1CC(N)C(=O)O)OCCCO2. The van der Waals surface area contributed by atoms with E-state index in [9.17, 15) is 4.79 Å². The number of hydrogen-bond acceptors (Lipinski definition) is 5. The van der Waals surface area contributed by atoms with Crippen molar-refractivity contribution in [2.75, 3.05) is 20.3 Å². The summed E-state index contributed by atoms with van der Waals surface area (Å²) in [5.74, 6) is 0.634. The molecule has 0 saturated carbocycles. The number of fused-ring (bicyclic) bond motifs is 1. The topological polar surface area (TPSA) is 91.0 Å². The molecule has 1 aliphatic rings. The first-order chi connectivity index (χ1) is 9.13. The second-order valence-corrected chi connectivity index (χ2v) is 4.27. The van der Waals surface area contributed by atoms with Crippen LogP contribution >= 0.6 is 0 Å². The minimum atomic E-state index is -1.06. The highest BCUT2D eigenvalue weighted by Gasteiger charge is 2.23. The summed E-state index contributed by atoms with van der Waals surface area (Å²) in [6.07, 6.45) is 0.909. The van der Waals surface area contributed by atoms with E-state index in [4.69, 9.17) is 25.1 Å². The molecule has 19 heavy (non-hydrogen) atoms. The van der Waals surface area contributed by atoms with Gasteiger partial charge in [-0.05, 0) is 12.1 Å². The third-order valence-corrected chi connectivity index (χ3v) is 2.94. The molecule has 6 heteroatoms. The van der Waals surface area contributed by atoms with Gasteiger partial charge in [-0.1, -0.05) is 0 Å². The molecule has 0 aromatic heterocycles. The van der Waals surface area contributed by atoms with Crippen molar-refractivity contribution in [1.82, 2.24) is 0 Å². The van der Waals surface area contributed by atoms with Gasteiger partial charge in [0.15, 0.2) is 11.5 Å². The number of carboxylic acid groups (broad SMARTS) is 1. The van der Waals surface area contributed by atoms with Crippen molar-refractivity contribution >= 4 is 5.97 Å². The molecule has 1 atom stereocenters. The Morgan fingerprint density at radius 1 is 1.47 bits per heavy atom. The number of benzene rings is 1. The zero-order valence-corrected chi connectivity index (χ0v) is 10.7. The minimum absolute atomic E-state index is 0.130. The number of methoxy groups -OCH3 is 1. The number of carbonyl (C=O) groups is 1. The normalized spacial score (nSPS) is 15.5. The molecule has 0 bridgehead atoms. The van der Waals surface area contributed by atoms with Crippen molar-refractivity contribution < 1.29 is 24.1 Å². The molecule has 0 amide bonds. The van der Waals surface area contributed by atoms with Crippen LogP contribution in [0.5, 0.6) is 17.2 Å². The Labute approximate surface area is 111 Å². The quantitative estimate of drug-likeness (QED) is 0.839. The van der Waals surface area contributed by atoms with Crippen LogP contribution in [-0.4, -0.2) is 37.4 Å². The number of carboxylic acids is 1. The second kappa shape index (κ2) is 5.79. The number of rotatable bonds is 4. The molecule has 0 radical (unpaired) electrons. The fraction of sp³-hybridized carbons (Fsp3) is 0.462. The first kappa shape index (κ1) is 13.5. The van der Waals surface area contributed by atoms with Crippen LogP contribution in [0.1, 0.15) is 12.0 Å². The van der Waals surface area contributed by atoms with Crippen LogP contribution in [-0.2, 0) is 11.2 Å². The maximum Gasteiger partial charge on any atom is 0.320 e. The van der Waals surface area contributed by atoms with E-state index in [1.54, 1.807) is 12.1 Å². The third kappa shape index (κ3) is 2.90. The monoisotopic (exact) mass is 267 g/mol. The Balaban J connectivity index is 2.40. The molecular formula is C13H17NO5. The van der Waals surface area contributed by atoms with E-state index in [1.165, 1.54) is 7.11 Å². The van der Waals surface area contributed by atoms with E-state index < -0.39 is 12.0 Å². The first-order valence-electron chi connectivity index (χ1n) is 6.07. The minimum Gasteiger partial charge on any atom is -0.496 e. The van der Waals surface area contributed by atoms with Gasteiger partial charge in [0, 0.05) is 18.4 Å². The number of aliphatic carboxylic acids is 1.